The molecule has 29 heavy (non-hydrogen) atoms. The zero-order valence-corrected chi connectivity index (χ0v) is 16.5. The van der Waals surface area contributed by atoms with Crippen LogP contribution in [-0.4, -0.2) is 40.0 Å². The summed E-state index contributed by atoms with van der Waals surface area (Å²) in [5.41, 5.74) is 2.43. The molecule has 0 bridgehead atoms. The number of likely N-dealkylation sites (N-methyl/N-ethyl adjacent to an activating group) is 1. The van der Waals surface area contributed by atoms with Crippen molar-refractivity contribution in [2.45, 2.75) is 13.5 Å². The Hall–Kier alpha value is -3.19. The summed E-state index contributed by atoms with van der Waals surface area (Å²) in [5, 5.41) is 10.2. The lowest BCUT2D eigenvalue weighted by molar-refractivity contribution is -0.121. The summed E-state index contributed by atoms with van der Waals surface area (Å²) in [6.07, 6.45) is 0. The van der Waals surface area contributed by atoms with Crippen LogP contribution < -0.4 is 5.32 Å². The van der Waals surface area contributed by atoms with Gasteiger partial charge in [0.1, 0.15) is 11.5 Å². The molecule has 1 aromatic heterocycles. The first-order valence-electron chi connectivity index (χ1n) is 9.08. The van der Waals surface area contributed by atoms with Gasteiger partial charge >= 0.3 is 0 Å². The highest BCUT2D eigenvalue weighted by Crippen LogP contribution is 2.21. The monoisotopic (exact) mass is 414 g/mol. The van der Waals surface area contributed by atoms with Crippen molar-refractivity contribution in [3.05, 3.63) is 76.7 Å². The molecule has 6 nitrogen and oxygen atoms in total. The van der Waals surface area contributed by atoms with E-state index in [2.05, 4.69) is 15.5 Å². The average Bonchev–Trinajstić information content (AvgIpc) is 3.21. The molecular formula is C21H20ClFN4O2. The fourth-order valence-electron chi connectivity index (χ4n) is 2.76. The second-order valence-electron chi connectivity index (χ2n) is 6.40. The zero-order valence-electron chi connectivity index (χ0n) is 15.8. The zero-order chi connectivity index (χ0) is 20.8. The minimum Gasteiger partial charge on any atom is -0.350 e. The van der Waals surface area contributed by atoms with E-state index in [-0.39, 0.29) is 36.4 Å². The minimum absolute atomic E-state index is 0.0952. The van der Waals surface area contributed by atoms with Crippen LogP contribution in [0.4, 0.5) is 4.39 Å². The molecule has 2 N–H and O–H groups in total. The van der Waals surface area contributed by atoms with Crippen molar-refractivity contribution >= 4 is 23.4 Å². The smallest absolute Gasteiger partial charge is 0.272 e. The molecule has 0 spiro atoms. The van der Waals surface area contributed by atoms with Gasteiger partial charge in [-0.05, 0) is 42.8 Å². The van der Waals surface area contributed by atoms with Crippen molar-refractivity contribution in [1.29, 1.82) is 0 Å². The molecule has 1 heterocycles. The second-order valence-corrected chi connectivity index (χ2v) is 6.84. The van der Waals surface area contributed by atoms with Gasteiger partial charge in [0.2, 0.25) is 5.91 Å². The summed E-state index contributed by atoms with van der Waals surface area (Å²) in [7, 11) is 0. The predicted octanol–water partition coefficient (Wildman–Crippen LogP) is 3.65. The summed E-state index contributed by atoms with van der Waals surface area (Å²) in [6, 6.07) is 14.7. The van der Waals surface area contributed by atoms with Crippen molar-refractivity contribution in [3.8, 4) is 11.3 Å². The largest absolute Gasteiger partial charge is 0.350 e. The third-order valence-electron chi connectivity index (χ3n) is 4.33. The first kappa shape index (κ1) is 20.5. The van der Waals surface area contributed by atoms with Gasteiger partial charge in [0, 0.05) is 23.7 Å². The molecular weight excluding hydrogens is 395 g/mol. The molecule has 0 aliphatic rings. The number of amides is 2. The number of aromatic nitrogens is 2. The molecule has 2 amide bonds. The highest BCUT2D eigenvalue weighted by Gasteiger charge is 2.20. The van der Waals surface area contributed by atoms with Gasteiger partial charge in [-0.15, -0.1) is 0 Å². The number of nitrogens with one attached hydrogen (secondary N) is 2. The Kier molecular flexibility index (Phi) is 6.61. The number of hydrogen-bond acceptors (Lipinski definition) is 3. The number of H-pyrrole nitrogens is 1. The molecule has 0 aliphatic heterocycles. The van der Waals surface area contributed by atoms with E-state index >= 15 is 0 Å². The van der Waals surface area contributed by atoms with Crippen molar-refractivity contribution in [1.82, 2.24) is 20.4 Å². The van der Waals surface area contributed by atoms with Crippen LogP contribution in [0.15, 0.2) is 54.6 Å². The lowest BCUT2D eigenvalue weighted by Crippen LogP contribution is -2.40. The van der Waals surface area contributed by atoms with Crippen LogP contribution in [0.25, 0.3) is 11.3 Å². The normalized spacial score (nSPS) is 10.6. The SMILES string of the molecule is CCN(CC(=O)NCc1ccc(F)cc1)C(=O)c1cc(-c2cccc(Cl)c2)n[nH]1. The van der Waals surface area contributed by atoms with Crippen LogP contribution >= 0.6 is 11.6 Å². The van der Waals surface area contributed by atoms with Gasteiger partial charge in [-0.3, -0.25) is 14.7 Å². The van der Waals surface area contributed by atoms with E-state index in [0.717, 1.165) is 11.1 Å². The topological polar surface area (TPSA) is 78.1 Å². The Bertz CT molecular complexity index is 1000. The summed E-state index contributed by atoms with van der Waals surface area (Å²) < 4.78 is 12.9. The van der Waals surface area contributed by atoms with Crippen molar-refractivity contribution in [2.24, 2.45) is 0 Å². The third-order valence-corrected chi connectivity index (χ3v) is 4.57. The van der Waals surface area contributed by atoms with Crippen LogP contribution in [0.3, 0.4) is 0 Å². The van der Waals surface area contributed by atoms with E-state index in [4.69, 9.17) is 11.6 Å². The van der Waals surface area contributed by atoms with Crippen LogP contribution in [-0.2, 0) is 11.3 Å². The first-order chi connectivity index (χ1) is 14.0. The van der Waals surface area contributed by atoms with Crippen molar-refractivity contribution in [3.63, 3.8) is 0 Å². The lowest BCUT2D eigenvalue weighted by atomic mass is 10.1. The van der Waals surface area contributed by atoms with E-state index in [1.165, 1.54) is 17.0 Å². The molecule has 3 rings (SSSR count). The fraction of sp³-hybridized carbons (Fsp3) is 0.190. The highest BCUT2D eigenvalue weighted by atomic mass is 35.5. The Balaban J connectivity index is 1.61. The molecule has 150 valence electrons. The number of benzene rings is 2. The van der Waals surface area contributed by atoms with Crippen molar-refractivity contribution in [2.75, 3.05) is 13.1 Å². The molecule has 0 fully saturated rings. The van der Waals surface area contributed by atoms with Gasteiger partial charge in [0.15, 0.2) is 0 Å². The molecule has 0 saturated carbocycles. The number of carbonyl (C=O) groups is 2. The molecule has 0 radical (unpaired) electrons. The van der Waals surface area contributed by atoms with Crippen molar-refractivity contribution < 1.29 is 14.0 Å². The predicted molar refractivity (Wildman–Crippen MR) is 109 cm³/mol. The maximum absolute atomic E-state index is 12.9. The number of nitrogens with zero attached hydrogens (tertiary/aromatic N) is 2. The number of rotatable bonds is 7. The first-order valence-corrected chi connectivity index (χ1v) is 9.46. The van der Waals surface area contributed by atoms with Gasteiger partial charge in [-0.2, -0.15) is 5.10 Å². The number of halogens is 2. The number of aromatic amines is 1. The van der Waals surface area contributed by atoms with Crippen LogP contribution in [0, 0.1) is 5.82 Å². The van der Waals surface area contributed by atoms with Gasteiger partial charge in [0.25, 0.3) is 5.91 Å². The molecule has 0 atom stereocenters. The molecule has 0 aliphatic carbocycles. The number of carbonyl (C=O) groups excluding carboxylic acids is 2. The minimum atomic E-state index is -0.334. The summed E-state index contributed by atoms with van der Waals surface area (Å²) in [6.45, 7) is 2.31. The summed E-state index contributed by atoms with van der Waals surface area (Å²) >= 11 is 6.00. The van der Waals surface area contributed by atoms with Gasteiger partial charge in [-0.1, -0.05) is 35.9 Å². The van der Waals surface area contributed by atoms with E-state index < -0.39 is 0 Å². The fourth-order valence-corrected chi connectivity index (χ4v) is 2.95. The van der Waals surface area contributed by atoms with E-state index in [0.29, 0.717) is 17.3 Å². The molecule has 0 saturated heterocycles. The average molecular weight is 415 g/mol. The van der Waals surface area contributed by atoms with E-state index in [1.807, 2.05) is 6.07 Å². The third kappa shape index (κ3) is 5.42. The van der Waals surface area contributed by atoms with E-state index in [1.54, 1.807) is 43.3 Å². The standard InChI is InChI=1S/C21H20ClFN4O2/c1-2-27(13-20(28)24-12-14-6-8-17(23)9-7-14)21(29)19-11-18(25-26-19)15-4-3-5-16(22)10-15/h3-11H,2,12-13H2,1H3,(H,24,28)(H,25,26). The van der Waals surface area contributed by atoms with Crippen LogP contribution in [0.2, 0.25) is 5.02 Å². The maximum Gasteiger partial charge on any atom is 0.272 e. The Morgan fingerprint density at radius 3 is 2.62 bits per heavy atom. The number of hydrogen-bond donors (Lipinski definition) is 2. The Labute approximate surface area is 172 Å². The molecule has 0 unspecified atom stereocenters. The lowest BCUT2D eigenvalue weighted by Gasteiger charge is -2.19. The van der Waals surface area contributed by atoms with Gasteiger partial charge < -0.3 is 10.2 Å². The van der Waals surface area contributed by atoms with Crippen LogP contribution in [0.1, 0.15) is 23.0 Å². The summed E-state index contributed by atoms with van der Waals surface area (Å²) in [4.78, 5) is 26.4. The maximum atomic E-state index is 12.9. The molecule has 2 aromatic carbocycles. The highest BCUT2D eigenvalue weighted by molar-refractivity contribution is 6.30. The molecule has 8 heteroatoms. The quantitative estimate of drug-likeness (QED) is 0.619. The Morgan fingerprint density at radius 2 is 1.93 bits per heavy atom. The van der Waals surface area contributed by atoms with Gasteiger partial charge in [0.05, 0.1) is 12.2 Å². The summed E-state index contributed by atoms with van der Waals surface area (Å²) in [5.74, 6) is -0.969. The second kappa shape index (κ2) is 9.34. The van der Waals surface area contributed by atoms with E-state index in [9.17, 15) is 14.0 Å². The molecule has 3 aromatic rings. The Morgan fingerprint density at radius 1 is 1.17 bits per heavy atom. The van der Waals surface area contributed by atoms with Crippen LogP contribution in [0.5, 0.6) is 0 Å². The van der Waals surface area contributed by atoms with Gasteiger partial charge in [-0.25, -0.2) is 4.39 Å².